The monoisotopic (exact) mass is 306 g/mol. The molecule has 2 aromatic rings. The third kappa shape index (κ3) is 4.76. The predicted octanol–water partition coefficient (Wildman–Crippen LogP) is 4.23. The summed E-state index contributed by atoms with van der Waals surface area (Å²) in [5, 5.41) is 6.45. The number of carbonyl (C=O) groups excluding carboxylic acids is 1. The minimum absolute atomic E-state index is 0.175. The van der Waals surface area contributed by atoms with E-state index in [1.807, 2.05) is 25.1 Å². The molecule has 2 aromatic carbocycles. The molecule has 2 rings (SSSR count). The smallest absolute Gasteiger partial charge is 0.226 e. The van der Waals surface area contributed by atoms with Gasteiger partial charge in [0.05, 0.1) is 0 Å². The van der Waals surface area contributed by atoms with Crippen LogP contribution < -0.4 is 10.6 Å². The average Bonchev–Trinajstić information content (AvgIpc) is 2.43. The number of nitrogens with one attached hydrogen (secondary N) is 2. The summed E-state index contributed by atoms with van der Waals surface area (Å²) in [5.74, 6) is -0.550. The number of anilines is 2. The molecule has 0 aliphatic heterocycles. The van der Waals surface area contributed by atoms with Crippen molar-refractivity contribution in [2.24, 2.45) is 0 Å². The van der Waals surface area contributed by atoms with Gasteiger partial charge >= 0.3 is 0 Å². The fourth-order valence-electron chi connectivity index (χ4n) is 1.81. The van der Waals surface area contributed by atoms with E-state index in [0.29, 0.717) is 17.3 Å². The van der Waals surface area contributed by atoms with Gasteiger partial charge in [-0.1, -0.05) is 23.7 Å². The first-order valence-corrected chi connectivity index (χ1v) is 6.98. The average molecular weight is 307 g/mol. The van der Waals surface area contributed by atoms with Crippen LogP contribution in [0.25, 0.3) is 0 Å². The van der Waals surface area contributed by atoms with E-state index in [4.69, 9.17) is 11.6 Å². The van der Waals surface area contributed by atoms with Crippen LogP contribution in [0.2, 0.25) is 5.02 Å². The Morgan fingerprint density at radius 2 is 2.00 bits per heavy atom. The summed E-state index contributed by atoms with van der Waals surface area (Å²) in [5.41, 5.74) is 2.33. The van der Waals surface area contributed by atoms with E-state index in [0.717, 1.165) is 11.3 Å². The predicted molar refractivity (Wildman–Crippen MR) is 84.3 cm³/mol. The highest BCUT2D eigenvalue weighted by atomic mass is 35.5. The molecule has 0 unspecified atom stereocenters. The standard InChI is InChI=1S/C16H16ClFN2O/c1-11-5-6-13(10-15(11)17)19-8-7-16(21)20-14-4-2-3-12(18)9-14/h2-6,9-10,19H,7-8H2,1H3,(H,20,21). The maximum atomic E-state index is 13.0. The van der Waals surface area contributed by atoms with Crippen LogP contribution in [-0.2, 0) is 4.79 Å². The molecule has 0 atom stereocenters. The normalized spacial score (nSPS) is 10.2. The zero-order valence-corrected chi connectivity index (χ0v) is 12.4. The molecule has 2 N–H and O–H groups in total. The summed E-state index contributed by atoms with van der Waals surface area (Å²) in [4.78, 5) is 11.7. The Bertz CT molecular complexity index is 646. The third-order valence-electron chi connectivity index (χ3n) is 2.96. The van der Waals surface area contributed by atoms with Crippen molar-refractivity contribution < 1.29 is 9.18 Å². The second kappa shape index (κ2) is 7.09. The van der Waals surface area contributed by atoms with E-state index < -0.39 is 0 Å². The van der Waals surface area contributed by atoms with Gasteiger partial charge in [-0.05, 0) is 42.8 Å². The van der Waals surface area contributed by atoms with Crippen LogP contribution in [0.15, 0.2) is 42.5 Å². The summed E-state index contributed by atoms with van der Waals surface area (Å²) in [7, 11) is 0. The molecule has 0 aromatic heterocycles. The molecule has 110 valence electrons. The van der Waals surface area contributed by atoms with Crippen LogP contribution in [-0.4, -0.2) is 12.5 Å². The summed E-state index contributed by atoms with van der Waals surface area (Å²) in [6.07, 6.45) is 0.280. The highest BCUT2D eigenvalue weighted by Gasteiger charge is 2.03. The lowest BCUT2D eigenvalue weighted by Crippen LogP contribution is -2.16. The van der Waals surface area contributed by atoms with Crippen molar-refractivity contribution >= 4 is 28.9 Å². The van der Waals surface area contributed by atoms with Gasteiger partial charge in [-0.3, -0.25) is 4.79 Å². The number of hydrogen-bond acceptors (Lipinski definition) is 2. The van der Waals surface area contributed by atoms with Crippen molar-refractivity contribution in [2.75, 3.05) is 17.2 Å². The van der Waals surface area contributed by atoms with E-state index in [2.05, 4.69) is 10.6 Å². The molecule has 0 spiro atoms. The van der Waals surface area contributed by atoms with Gasteiger partial charge in [-0.2, -0.15) is 0 Å². The first-order chi connectivity index (χ1) is 10.0. The van der Waals surface area contributed by atoms with Crippen LogP contribution in [0.1, 0.15) is 12.0 Å². The summed E-state index contributed by atoms with van der Waals surface area (Å²) < 4.78 is 13.0. The molecule has 0 fully saturated rings. The largest absolute Gasteiger partial charge is 0.384 e. The Morgan fingerprint density at radius 3 is 2.71 bits per heavy atom. The fourth-order valence-corrected chi connectivity index (χ4v) is 1.99. The van der Waals surface area contributed by atoms with Crippen molar-refractivity contribution in [3.63, 3.8) is 0 Å². The topological polar surface area (TPSA) is 41.1 Å². The van der Waals surface area contributed by atoms with Crippen molar-refractivity contribution in [2.45, 2.75) is 13.3 Å². The molecule has 0 heterocycles. The van der Waals surface area contributed by atoms with Gasteiger partial charge in [0.15, 0.2) is 0 Å². The SMILES string of the molecule is Cc1ccc(NCCC(=O)Nc2cccc(F)c2)cc1Cl. The number of carbonyl (C=O) groups is 1. The number of aryl methyl sites for hydroxylation is 1. The Morgan fingerprint density at radius 1 is 1.19 bits per heavy atom. The number of benzene rings is 2. The highest BCUT2D eigenvalue weighted by Crippen LogP contribution is 2.19. The van der Waals surface area contributed by atoms with Gasteiger partial charge in [0.25, 0.3) is 0 Å². The zero-order chi connectivity index (χ0) is 15.2. The molecule has 0 radical (unpaired) electrons. The van der Waals surface area contributed by atoms with Crippen molar-refractivity contribution in [1.29, 1.82) is 0 Å². The zero-order valence-electron chi connectivity index (χ0n) is 11.6. The molecule has 0 saturated carbocycles. The van der Waals surface area contributed by atoms with Crippen molar-refractivity contribution in [3.05, 3.63) is 58.9 Å². The molecule has 0 bridgehead atoms. The van der Waals surface area contributed by atoms with Gasteiger partial charge in [0, 0.05) is 29.4 Å². The number of hydrogen-bond donors (Lipinski definition) is 2. The highest BCUT2D eigenvalue weighted by molar-refractivity contribution is 6.31. The Balaban J connectivity index is 1.80. The fraction of sp³-hybridized carbons (Fsp3) is 0.188. The number of rotatable bonds is 5. The van der Waals surface area contributed by atoms with Gasteiger partial charge in [0.2, 0.25) is 5.91 Å². The molecule has 0 aliphatic carbocycles. The number of halogens is 2. The van der Waals surface area contributed by atoms with Crippen molar-refractivity contribution in [1.82, 2.24) is 0 Å². The summed E-state index contributed by atoms with van der Waals surface area (Å²) in [6.45, 7) is 2.40. The Hall–Kier alpha value is -2.07. The second-order valence-corrected chi connectivity index (χ2v) is 5.11. The van der Waals surface area contributed by atoms with E-state index in [1.165, 1.54) is 12.1 Å². The molecular weight excluding hydrogens is 291 g/mol. The summed E-state index contributed by atoms with van der Waals surface area (Å²) >= 11 is 6.02. The molecule has 1 amide bonds. The van der Waals surface area contributed by atoms with Crippen molar-refractivity contribution in [3.8, 4) is 0 Å². The molecule has 0 aliphatic rings. The van der Waals surface area contributed by atoms with Crippen LogP contribution in [0, 0.1) is 12.7 Å². The van der Waals surface area contributed by atoms with Gasteiger partial charge in [0.1, 0.15) is 5.82 Å². The molecule has 0 saturated heterocycles. The van der Waals surface area contributed by atoms with E-state index in [9.17, 15) is 9.18 Å². The first kappa shape index (κ1) is 15.3. The van der Waals surface area contributed by atoms with Gasteiger partial charge < -0.3 is 10.6 Å². The maximum Gasteiger partial charge on any atom is 0.226 e. The van der Waals surface area contributed by atoms with Gasteiger partial charge in [-0.15, -0.1) is 0 Å². The second-order valence-electron chi connectivity index (χ2n) is 4.70. The lowest BCUT2D eigenvalue weighted by Gasteiger charge is -2.08. The molecule has 3 nitrogen and oxygen atoms in total. The first-order valence-electron chi connectivity index (χ1n) is 6.60. The lowest BCUT2D eigenvalue weighted by molar-refractivity contribution is -0.115. The summed E-state index contributed by atoms with van der Waals surface area (Å²) in [6, 6.07) is 11.5. The lowest BCUT2D eigenvalue weighted by atomic mass is 10.2. The molecule has 21 heavy (non-hydrogen) atoms. The minimum atomic E-state index is -0.375. The maximum absolute atomic E-state index is 13.0. The minimum Gasteiger partial charge on any atom is -0.384 e. The Kier molecular flexibility index (Phi) is 5.17. The van der Waals surface area contributed by atoms with E-state index in [-0.39, 0.29) is 18.1 Å². The van der Waals surface area contributed by atoms with E-state index >= 15 is 0 Å². The molecule has 5 heteroatoms. The quantitative estimate of drug-likeness (QED) is 0.868. The Labute approximate surface area is 128 Å². The number of amides is 1. The van der Waals surface area contributed by atoms with Crippen LogP contribution >= 0.6 is 11.6 Å². The third-order valence-corrected chi connectivity index (χ3v) is 3.37. The van der Waals surface area contributed by atoms with Crippen LogP contribution in [0.5, 0.6) is 0 Å². The van der Waals surface area contributed by atoms with Crippen LogP contribution in [0.4, 0.5) is 15.8 Å². The molecular formula is C16H16ClFN2O. The van der Waals surface area contributed by atoms with E-state index in [1.54, 1.807) is 12.1 Å². The van der Waals surface area contributed by atoms with Crippen LogP contribution in [0.3, 0.4) is 0 Å². The van der Waals surface area contributed by atoms with Gasteiger partial charge in [-0.25, -0.2) is 4.39 Å².